The topological polar surface area (TPSA) is 76.5 Å². The third kappa shape index (κ3) is 8.02. The molecule has 1 N–H and O–H groups in total. The second-order valence-electron chi connectivity index (χ2n) is 10.2. The van der Waals surface area contributed by atoms with Crippen LogP contribution in [0.15, 0.2) is 34.8 Å². The number of Topliss-reactive ketones (excluding diaryl/α,β-unsaturated/α-hetero) is 1. The SMILES string of the molecule is CCC1=C/CC(/C(C)=C/c2csc(C)n2)OC(=O)CCC(C)(C)C(=O)C(C)C(O)C(C)C\C=C\1. The Hall–Kier alpha value is -2.05. The lowest BCUT2D eigenvalue weighted by molar-refractivity contribution is -0.148. The normalized spacial score (nSPS) is 30.4. The van der Waals surface area contributed by atoms with Crippen molar-refractivity contribution < 1.29 is 19.4 Å². The van der Waals surface area contributed by atoms with Crippen LogP contribution in [0.1, 0.15) is 84.3 Å². The first-order valence-corrected chi connectivity index (χ1v) is 13.2. The Labute approximate surface area is 209 Å². The Kier molecular flexibility index (Phi) is 10.4. The van der Waals surface area contributed by atoms with Gasteiger partial charge in [0.1, 0.15) is 11.9 Å². The zero-order chi connectivity index (χ0) is 25.5. The first-order valence-electron chi connectivity index (χ1n) is 12.3. The molecule has 0 saturated heterocycles. The Bertz CT molecular complexity index is 940. The fourth-order valence-corrected chi connectivity index (χ4v) is 4.85. The summed E-state index contributed by atoms with van der Waals surface area (Å²) in [5, 5.41) is 13.8. The average Bonchev–Trinajstić information content (AvgIpc) is 3.20. The van der Waals surface area contributed by atoms with Gasteiger partial charge in [-0.25, -0.2) is 4.98 Å². The van der Waals surface area contributed by atoms with Crippen LogP contribution < -0.4 is 0 Å². The van der Waals surface area contributed by atoms with Crippen molar-refractivity contribution in [2.45, 2.75) is 92.8 Å². The van der Waals surface area contributed by atoms with Crippen LogP contribution in [0.3, 0.4) is 0 Å². The lowest BCUT2D eigenvalue weighted by Gasteiger charge is -2.31. The number of ketones is 1. The molecule has 1 aromatic heterocycles. The standard InChI is InChI=1S/C28H41NO4S/c1-8-22-11-9-10-18(2)26(31)20(4)27(32)28(6,7)15-14-25(30)33-24(13-12-22)19(3)16-23-17-34-21(5)29-23/h9,11-12,16-18,20,24,26,31H,8,10,13-15H2,1-7H3/b11-9+,19-16+,22-12-. The van der Waals surface area contributed by atoms with Gasteiger partial charge in [0, 0.05) is 29.6 Å². The lowest BCUT2D eigenvalue weighted by atomic mass is 9.74. The number of hydrogen-bond donors (Lipinski definition) is 1. The zero-order valence-electron chi connectivity index (χ0n) is 21.8. The predicted octanol–water partition coefficient (Wildman–Crippen LogP) is 6.46. The smallest absolute Gasteiger partial charge is 0.306 e. The van der Waals surface area contributed by atoms with E-state index in [9.17, 15) is 14.7 Å². The van der Waals surface area contributed by atoms with E-state index in [-0.39, 0.29) is 24.1 Å². The first kappa shape index (κ1) is 28.2. The zero-order valence-corrected chi connectivity index (χ0v) is 22.6. The van der Waals surface area contributed by atoms with Crippen LogP contribution >= 0.6 is 11.3 Å². The van der Waals surface area contributed by atoms with E-state index in [0.717, 1.165) is 28.3 Å². The summed E-state index contributed by atoms with van der Waals surface area (Å²) in [6.07, 6.45) is 9.78. The van der Waals surface area contributed by atoms with Gasteiger partial charge >= 0.3 is 5.97 Å². The van der Waals surface area contributed by atoms with Gasteiger partial charge in [-0.2, -0.15) is 0 Å². The highest BCUT2D eigenvalue weighted by molar-refractivity contribution is 7.09. The summed E-state index contributed by atoms with van der Waals surface area (Å²) in [5.41, 5.74) is 2.24. The Morgan fingerprint density at radius 3 is 2.62 bits per heavy atom. The van der Waals surface area contributed by atoms with Gasteiger partial charge in [0.2, 0.25) is 0 Å². The number of allylic oxidation sites excluding steroid dienone is 3. The molecule has 34 heavy (non-hydrogen) atoms. The molecule has 0 aromatic carbocycles. The molecule has 188 valence electrons. The number of aryl methyl sites for hydroxylation is 1. The first-order chi connectivity index (χ1) is 15.9. The number of aliphatic hydroxyl groups is 1. The third-order valence-electron chi connectivity index (χ3n) is 6.77. The monoisotopic (exact) mass is 487 g/mol. The van der Waals surface area contributed by atoms with E-state index in [1.807, 2.05) is 46.1 Å². The minimum absolute atomic E-state index is 0.0172. The molecule has 2 rings (SSSR count). The predicted molar refractivity (Wildman–Crippen MR) is 139 cm³/mol. The van der Waals surface area contributed by atoms with Crippen molar-refractivity contribution in [1.29, 1.82) is 0 Å². The number of esters is 1. The van der Waals surface area contributed by atoms with Crippen molar-refractivity contribution in [3.05, 3.63) is 45.5 Å². The average molecular weight is 488 g/mol. The molecule has 0 amide bonds. The van der Waals surface area contributed by atoms with Gasteiger partial charge in [0.15, 0.2) is 0 Å². The molecule has 4 unspecified atom stereocenters. The second-order valence-corrected chi connectivity index (χ2v) is 11.2. The van der Waals surface area contributed by atoms with Gasteiger partial charge in [0.05, 0.1) is 16.8 Å². The fourth-order valence-electron chi connectivity index (χ4n) is 4.28. The van der Waals surface area contributed by atoms with Crippen molar-refractivity contribution >= 4 is 29.2 Å². The number of cyclic esters (lactones) is 1. The molecule has 0 fully saturated rings. The van der Waals surface area contributed by atoms with E-state index >= 15 is 0 Å². The van der Waals surface area contributed by atoms with Crippen molar-refractivity contribution in [3.63, 3.8) is 0 Å². The van der Waals surface area contributed by atoms with Gasteiger partial charge in [-0.05, 0) is 50.7 Å². The maximum atomic E-state index is 13.1. The van der Waals surface area contributed by atoms with Crippen LogP contribution in [-0.4, -0.2) is 34.1 Å². The van der Waals surface area contributed by atoms with E-state index in [0.29, 0.717) is 19.3 Å². The summed E-state index contributed by atoms with van der Waals surface area (Å²) >= 11 is 1.59. The van der Waals surface area contributed by atoms with Crippen molar-refractivity contribution in [2.24, 2.45) is 17.3 Å². The molecule has 0 spiro atoms. The summed E-state index contributed by atoms with van der Waals surface area (Å²) < 4.78 is 5.92. The minimum atomic E-state index is -0.725. The number of nitrogens with zero attached hydrogens (tertiary/aromatic N) is 1. The molecule has 0 saturated carbocycles. The maximum absolute atomic E-state index is 13.1. The molecule has 2 heterocycles. The number of ether oxygens (including phenoxy) is 1. The molecular formula is C28H41NO4S. The van der Waals surface area contributed by atoms with Crippen LogP contribution in [0.2, 0.25) is 0 Å². The van der Waals surface area contributed by atoms with Crippen molar-refractivity contribution in [2.75, 3.05) is 0 Å². The van der Waals surface area contributed by atoms with Crippen LogP contribution in [-0.2, 0) is 14.3 Å². The molecular weight excluding hydrogens is 446 g/mol. The molecule has 5 nitrogen and oxygen atoms in total. The summed E-state index contributed by atoms with van der Waals surface area (Å²) in [6, 6.07) is 0. The number of carbonyl (C=O) groups excluding carboxylic acids is 2. The largest absolute Gasteiger partial charge is 0.457 e. The molecule has 1 aromatic rings. The highest BCUT2D eigenvalue weighted by Gasteiger charge is 2.36. The van der Waals surface area contributed by atoms with E-state index in [1.165, 1.54) is 0 Å². The van der Waals surface area contributed by atoms with E-state index in [4.69, 9.17) is 4.74 Å². The Balaban J connectivity index is 2.36. The second kappa shape index (κ2) is 12.6. The van der Waals surface area contributed by atoms with E-state index < -0.39 is 23.5 Å². The highest BCUT2D eigenvalue weighted by Crippen LogP contribution is 2.31. The summed E-state index contributed by atoms with van der Waals surface area (Å²) in [7, 11) is 0. The van der Waals surface area contributed by atoms with Crippen molar-refractivity contribution in [3.8, 4) is 0 Å². The third-order valence-corrected chi connectivity index (χ3v) is 7.56. The van der Waals surface area contributed by atoms with Gasteiger partial charge in [-0.3, -0.25) is 9.59 Å². The van der Waals surface area contributed by atoms with E-state index in [1.54, 1.807) is 18.3 Å². The number of carbonyl (C=O) groups is 2. The maximum Gasteiger partial charge on any atom is 0.306 e. The number of hydrogen-bond acceptors (Lipinski definition) is 6. The van der Waals surface area contributed by atoms with Crippen molar-refractivity contribution in [1.82, 2.24) is 4.98 Å². The Morgan fingerprint density at radius 2 is 2.00 bits per heavy atom. The number of rotatable bonds is 3. The van der Waals surface area contributed by atoms with Crippen LogP contribution in [0.4, 0.5) is 0 Å². The van der Waals surface area contributed by atoms with E-state index in [2.05, 4.69) is 30.1 Å². The quantitative estimate of drug-likeness (QED) is 0.495. The number of thiazole rings is 1. The molecule has 1 aliphatic heterocycles. The van der Waals surface area contributed by atoms with Gasteiger partial charge in [-0.1, -0.05) is 58.4 Å². The molecule has 6 heteroatoms. The molecule has 0 aliphatic carbocycles. The minimum Gasteiger partial charge on any atom is -0.457 e. The van der Waals surface area contributed by atoms with Gasteiger partial charge < -0.3 is 9.84 Å². The fraction of sp³-hybridized carbons (Fsp3) is 0.607. The lowest BCUT2D eigenvalue weighted by Crippen LogP contribution is -2.39. The summed E-state index contributed by atoms with van der Waals surface area (Å²) in [6.45, 7) is 13.5. The highest BCUT2D eigenvalue weighted by atomic mass is 32.1. The van der Waals surface area contributed by atoms with Crippen LogP contribution in [0, 0.1) is 24.2 Å². The molecule has 0 radical (unpaired) electrons. The van der Waals surface area contributed by atoms with Crippen LogP contribution in [0.5, 0.6) is 0 Å². The molecule has 0 bridgehead atoms. The van der Waals surface area contributed by atoms with Gasteiger partial charge in [0.25, 0.3) is 0 Å². The summed E-state index contributed by atoms with van der Waals surface area (Å²) in [5.74, 6) is -0.871. The van der Waals surface area contributed by atoms with Gasteiger partial charge in [-0.15, -0.1) is 11.3 Å². The number of aliphatic hydroxyl groups excluding tert-OH is 1. The molecule has 1 aliphatic rings. The Morgan fingerprint density at radius 1 is 1.29 bits per heavy atom. The van der Waals surface area contributed by atoms with Crippen LogP contribution in [0.25, 0.3) is 6.08 Å². The number of aromatic nitrogens is 1. The molecule has 4 atom stereocenters. The summed E-state index contributed by atoms with van der Waals surface area (Å²) in [4.78, 5) is 30.5.